The van der Waals surface area contributed by atoms with Crippen LogP contribution in [-0.2, 0) is 4.79 Å². The number of hydrogen-bond acceptors (Lipinski definition) is 2. The van der Waals surface area contributed by atoms with Crippen LogP contribution in [0.3, 0.4) is 0 Å². The monoisotopic (exact) mass is 169 g/mol. The molecule has 0 spiro atoms. The molecule has 0 saturated carbocycles. The van der Waals surface area contributed by atoms with Crippen molar-refractivity contribution in [1.29, 1.82) is 0 Å². The van der Waals surface area contributed by atoms with Crippen LogP contribution >= 0.6 is 0 Å². The van der Waals surface area contributed by atoms with E-state index < -0.39 is 5.97 Å². The first-order valence-electron chi connectivity index (χ1n) is 4.72. The Kier molecular flexibility index (Phi) is 1.83. The number of hydrogen-bond donors (Lipinski definition) is 1. The van der Waals surface area contributed by atoms with E-state index in [2.05, 4.69) is 11.8 Å². The lowest BCUT2D eigenvalue weighted by Crippen LogP contribution is -2.32. The maximum atomic E-state index is 10.8. The molecule has 2 aliphatic heterocycles. The minimum Gasteiger partial charge on any atom is -0.481 e. The largest absolute Gasteiger partial charge is 0.481 e. The van der Waals surface area contributed by atoms with Crippen molar-refractivity contribution in [2.75, 3.05) is 6.54 Å². The maximum Gasteiger partial charge on any atom is 0.308 e. The lowest BCUT2D eigenvalue weighted by atomic mass is 9.89. The number of nitrogens with zero attached hydrogens (tertiary/aromatic N) is 1. The van der Waals surface area contributed by atoms with E-state index in [1.165, 1.54) is 6.42 Å². The van der Waals surface area contributed by atoms with E-state index in [1.54, 1.807) is 0 Å². The molecule has 0 amide bonds. The van der Waals surface area contributed by atoms with Gasteiger partial charge in [-0.1, -0.05) is 6.92 Å². The van der Waals surface area contributed by atoms with Crippen LogP contribution in [0.15, 0.2) is 0 Å². The molecule has 12 heavy (non-hydrogen) atoms. The number of rotatable bonds is 2. The number of carbonyl (C=O) groups is 1. The minimum absolute atomic E-state index is 0.0799. The molecule has 0 radical (unpaired) electrons. The van der Waals surface area contributed by atoms with Crippen LogP contribution in [0.5, 0.6) is 0 Å². The fourth-order valence-electron chi connectivity index (χ4n) is 2.86. The molecule has 2 fully saturated rings. The van der Waals surface area contributed by atoms with E-state index in [0.717, 1.165) is 19.4 Å². The number of aliphatic carboxylic acids is 1. The van der Waals surface area contributed by atoms with E-state index in [9.17, 15) is 4.79 Å². The van der Waals surface area contributed by atoms with Gasteiger partial charge in [-0.25, -0.2) is 0 Å². The van der Waals surface area contributed by atoms with Crippen molar-refractivity contribution >= 4 is 5.97 Å². The highest BCUT2D eigenvalue weighted by molar-refractivity contribution is 5.71. The molecule has 3 nitrogen and oxygen atoms in total. The SMILES string of the molecule is CCN1C2CCC1C(C(=O)O)C2. The van der Waals surface area contributed by atoms with Gasteiger partial charge in [-0.15, -0.1) is 0 Å². The molecule has 2 bridgehead atoms. The summed E-state index contributed by atoms with van der Waals surface area (Å²) in [7, 11) is 0. The van der Waals surface area contributed by atoms with Crippen molar-refractivity contribution in [1.82, 2.24) is 4.90 Å². The van der Waals surface area contributed by atoms with Gasteiger partial charge in [-0.2, -0.15) is 0 Å². The molecule has 2 saturated heterocycles. The molecular formula is C9H15NO2. The van der Waals surface area contributed by atoms with Crippen LogP contribution in [0.4, 0.5) is 0 Å². The summed E-state index contributed by atoms with van der Waals surface area (Å²) in [4.78, 5) is 13.2. The fraction of sp³-hybridized carbons (Fsp3) is 0.889. The molecule has 0 aliphatic carbocycles. The summed E-state index contributed by atoms with van der Waals surface area (Å²) in [6.45, 7) is 3.13. The second-order valence-corrected chi connectivity index (χ2v) is 3.81. The van der Waals surface area contributed by atoms with E-state index in [1.807, 2.05) is 0 Å². The van der Waals surface area contributed by atoms with Gasteiger partial charge in [0.15, 0.2) is 0 Å². The molecular weight excluding hydrogens is 154 g/mol. The zero-order valence-electron chi connectivity index (χ0n) is 7.36. The molecule has 3 unspecified atom stereocenters. The second-order valence-electron chi connectivity index (χ2n) is 3.81. The first-order valence-corrected chi connectivity index (χ1v) is 4.72. The van der Waals surface area contributed by atoms with Crippen molar-refractivity contribution in [3.05, 3.63) is 0 Å². The summed E-state index contributed by atoms with van der Waals surface area (Å²) in [6, 6.07) is 0.915. The molecule has 0 aromatic carbocycles. The molecule has 2 rings (SSSR count). The topological polar surface area (TPSA) is 40.5 Å². The van der Waals surface area contributed by atoms with Crippen LogP contribution in [0.25, 0.3) is 0 Å². The Labute approximate surface area is 72.4 Å². The quantitative estimate of drug-likeness (QED) is 0.669. The van der Waals surface area contributed by atoms with Gasteiger partial charge in [-0.05, 0) is 25.8 Å². The zero-order valence-corrected chi connectivity index (χ0v) is 7.36. The average Bonchev–Trinajstić information content (AvgIpc) is 2.59. The Hall–Kier alpha value is -0.570. The minimum atomic E-state index is -0.597. The van der Waals surface area contributed by atoms with E-state index >= 15 is 0 Å². The number of carboxylic acids is 1. The lowest BCUT2D eigenvalue weighted by molar-refractivity contribution is -0.142. The second kappa shape index (κ2) is 2.73. The standard InChI is InChI=1S/C9H15NO2/c1-2-10-6-3-4-8(10)7(5-6)9(11)12/h6-8H,2-5H2,1H3,(H,11,12). The molecule has 0 aromatic heterocycles. The third-order valence-electron chi connectivity index (χ3n) is 3.36. The van der Waals surface area contributed by atoms with Gasteiger partial charge >= 0.3 is 5.97 Å². The van der Waals surface area contributed by atoms with E-state index in [-0.39, 0.29) is 5.92 Å². The first kappa shape index (κ1) is 8.05. The van der Waals surface area contributed by atoms with Gasteiger partial charge in [0.25, 0.3) is 0 Å². The Bertz CT molecular complexity index is 205. The fourth-order valence-corrected chi connectivity index (χ4v) is 2.86. The summed E-state index contributed by atoms with van der Waals surface area (Å²) >= 11 is 0. The van der Waals surface area contributed by atoms with Crippen LogP contribution in [-0.4, -0.2) is 34.6 Å². The summed E-state index contributed by atoms with van der Waals surface area (Å²) in [5.41, 5.74) is 0. The van der Waals surface area contributed by atoms with Crippen LogP contribution in [0.2, 0.25) is 0 Å². The summed E-state index contributed by atoms with van der Waals surface area (Å²) in [5.74, 6) is -0.677. The highest BCUT2D eigenvalue weighted by Crippen LogP contribution is 2.41. The molecule has 0 aromatic rings. The Balaban J connectivity index is 2.12. The highest BCUT2D eigenvalue weighted by atomic mass is 16.4. The smallest absolute Gasteiger partial charge is 0.308 e. The molecule has 2 aliphatic rings. The summed E-state index contributed by atoms with van der Waals surface area (Å²) < 4.78 is 0. The average molecular weight is 169 g/mol. The van der Waals surface area contributed by atoms with Crippen LogP contribution < -0.4 is 0 Å². The Morgan fingerprint density at radius 2 is 2.33 bits per heavy atom. The van der Waals surface area contributed by atoms with Gasteiger partial charge in [0.2, 0.25) is 0 Å². The van der Waals surface area contributed by atoms with Gasteiger partial charge in [0, 0.05) is 12.1 Å². The van der Waals surface area contributed by atoms with Crippen molar-refractivity contribution in [3.63, 3.8) is 0 Å². The van der Waals surface area contributed by atoms with E-state index in [0.29, 0.717) is 12.1 Å². The maximum absolute atomic E-state index is 10.8. The van der Waals surface area contributed by atoms with Gasteiger partial charge in [-0.3, -0.25) is 9.69 Å². The molecule has 2 heterocycles. The van der Waals surface area contributed by atoms with Crippen molar-refractivity contribution in [2.45, 2.75) is 38.3 Å². The van der Waals surface area contributed by atoms with Crippen LogP contribution in [0.1, 0.15) is 26.2 Å². The summed E-state index contributed by atoms with van der Waals surface area (Å²) in [6.07, 6.45) is 3.19. The lowest BCUT2D eigenvalue weighted by Gasteiger charge is -2.20. The van der Waals surface area contributed by atoms with E-state index in [4.69, 9.17) is 5.11 Å². The Morgan fingerprint density at radius 3 is 2.75 bits per heavy atom. The third kappa shape index (κ3) is 0.959. The highest BCUT2D eigenvalue weighted by Gasteiger charge is 2.48. The molecule has 68 valence electrons. The van der Waals surface area contributed by atoms with Gasteiger partial charge < -0.3 is 5.11 Å². The van der Waals surface area contributed by atoms with Crippen molar-refractivity contribution < 1.29 is 9.90 Å². The Morgan fingerprint density at radius 1 is 1.58 bits per heavy atom. The predicted molar refractivity (Wildman–Crippen MR) is 44.9 cm³/mol. The molecule has 3 atom stereocenters. The third-order valence-corrected chi connectivity index (χ3v) is 3.36. The molecule has 3 heteroatoms. The normalized spacial score (nSPS) is 40.6. The molecule has 1 N–H and O–H groups in total. The van der Waals surface area contributed by atoms with Gasteiger partial charge in [0.05, 0.1) is 5.92 Å². The predicted octanol–water partition coefficient (Wildman–Crippen LogP) is 0.944. The summed E-state index contributed by atoms with van der Waals surface area (Å²) in [5, 5.41) is 8.92. The van der Waals surface area contributed by atoms with Crippen molar-refractivity contribution in [3.8, 4) is 0 Å². The first-order chi connectivity index (χ1) is 5.74. The zero-order chi connectivity index (χ0) is 8.72. The number of fused-ring (bicyclic) bond motifs is 2. The van der Waals surface area contributed by atoms with Gasteiger partial charge in [0.1, 0.15) is 0 Å². The van der Waals surface area contributed by atoms with Crippen LogP contribution in [0, 0.1) is 5.92 Å². The number of carboxylic acid groups (broad SMARTS) is 1. The van der Waals surface area contributed by atoms with Crippen molar-refractivity contribution in [2.24, 2.45) is 5.92 Å².